The van der Waals surface area contributed by atoms with E-state index in [2.05, 4.69) is 138 Å². The summed E-state index contributed by atoms with van der Waals surface area (Å²) < 4.78 is 0. The van der Waals surface area contributed by atoms with Gasteiger partial charge in [0, 0.05) is 0 Å². The molecule has 48 heavy (non-hydrogen) atoms. The molecular weight excluding hydrogens is 703 g/mol. The fourth-order valence-electron chi connectivity index (χ4n) is 8.18. The molecule has 8 rings (SSSR count). The van der Waals surface area contributed by atoms with Gasteiger partial charge in [-0.05, 0) is 36.7 Å². The van der Waals surface area contributed by atoms with E-state index in [1.807, 2.05) is 30.3 Å². The van der Waals surface area contributed by atoms with Gasteiger partial charge in [0.25, 0.3) is 0 Å². The topological polar surface area (TPSA) is 0 Å². The molecule has 4 aliphatic rings. The Balaban J connectivity index is 0.000000216. The molecule has 1 fully saturated rings. The van der Waals surface area contributed by atoms with E-state index in [4.69, 9.17) is 0 Å². The Kier molecular flexibility index (Phi) is 15.0. The van der Waals surface area contributed by atoms with Crippen LogP contribution in [0.2, 0.25) is 0 Å². The third-order valence-corrected chi connectivity index (χ3v) is 10.2. The summed E-state index contributed by atoms with van der Waals surface area (Å²) in [7, 11) is 0. The summed E-state index contributed by atoms with van der Waals surface area (Å²) in [5, 5.41) is 0. The van der Waals surface area contributed by atoms with Crippen molar-refractivity contribution in [2.75, 3.05) is 0 Å². The molecule has 4 aromatic carbocycles. The standard InChI is InChI=1S/C21H21.C19H23.C5H5.2ClH.Zr/c1-2-8-15-14(7-1)13-20-18-11-4-3-9-16(18)17-10-5-6-12-19(17)21(15)20;1-18(2,16-11-7-5-8-12-16)15-19(3,4)17-13-9-6-10-14-17;1-2-4-5-3-1;;;/h1-2,6-8,11-12,16-17H,3-5,9-10,13H2;5-15H,1-4H3;1-5H;2*1H;/q3*-1;;;+2/p-2. The van der Waals surface area contributed by atoms with E-state index in [-0.39, 0.29) is 61.8 Å². The van der Waals surface area contributed by atoms with Crippen LogP contribution in [-0.2, 0) is 43.5 Å². The summed E-state index contributed by atoms with van der Waals surface area (Å²) >= 11 is 0. The maximum Gasteiger partial charge on any atom is 2.00 e. The van der Waals surface area contributed by atoms with Gasteiger partial charge >= 0.3 is 26.2 Å². The quantitative estimate of drug-likeness (QED) is 0.231. The average Bonchev–Trinajstić information content (AvgIpc) is 3.79. The van der Waals surface area contributed by atoms with Crippen molar-refractivity contribution >= 4 is 5.57 Å². The first kappa shape index (κ1) is 40.0. The number of allylic oxidation sites excluding steroid dienone is 6. The summed E-state index contributed by atoms with van der Waals surface area (Å²) in [6.45, 7) is 9.14. The second kappa shape index (κ2) is 18.0. The van der Waals surface area contributed by atoms with E-state index in [0.29, 0.717) is 0 Å². The van der Waals surface area contributed by atoms with Crippen molar-refractivity contribution in [1.82, 2.24) is 0 Å². The minimum absolute atomic E-state index is 0. The molecule has 2 unspecified atom stereocenters. The first-order valence-corrected chi connectivity index (χ1v) is 17.1. The van der Waals surface area contributed by atoms with Crippen LogP contribution in [0, 0.1) is 24.7 Å². The molecule has 0 N–H and O–H groups in total. The van der Waals surface area contributed by atoms with Crippen molar-refractivity contribution in [3.05, 3.63) is 179 Å². The predicted octanol–water partition coefficient (Wildman–Crippen LogP) is 5.83. The maximum atomic E-state index is 2.57. The molecule has 1 saturated carbocycles. The molecule has 0 amide bonds. The van der Waals surface area contributed by atoms with Gasteiger partial charge in [-0.25, -0.2) is 24.1 Å². The Hall–Kier alpha value is -2.44. The Morgan fingerprint density at radius 2 is 1.27 bits per heavy atom. The van der Waals surface area contributed by atoms with Gasteiger partial charge in [0.05, 0.1) is 0 Å². The zero-order chi connectivity index (χ0) is 31.3. The van der Waals surface area contributed by atoms with E-state index in [1.165, 1.54) is 48.8 Å². The molecule has 0 aromatic heterocycles. The van der Waals surface area contributed by atoms with Gasteiger partial charge < -0.3 is 31.2 Å². The van der Waals surface area contributed by atoms with Crippen LogP contribution in [0.15, 0.2) is 144 Å². The zero-order valence-electron chi connectivity index (χ0n) is 28.9. The Bertz CT molecular complexity index is 1570. The molecular formula is C45H49Cl2Zr-3. The summed E-state index contributed by atoms with van der Waals surface area (Å²) in [6, 6.07) is 40.5. The number of hydrogen-bond acceptors (Lipinski definition) is 0. The molecule has 4 aromatic rings. The van der Waals surface area contributed by atoms with Crippen molar-refractivity contribution in [2.45, 2.75) is 77.0 Å². The van der Waals surface area contributed by atoms with Gasteiger partial charge in [0.1, 0.15) is 0 Å². The number of hydrogen-bond donors (Lipinski definition) is 0. The number of fused-ring (bicyclic) bond motifs is 6. The van der Waals surface area contributed by atoms with Gasteiger partial charge in [-0.1, -0.05) is 165 Å². The van der Waals surface area contributed by atoms with Crippen LogP contribution in [0.4, 0.5) is 0 Å². The van der Waals surface area contributed by atoms with Crippen LogP contribution >= 0.6 is 0 Å². The number of halogens is 2. The Labute approximate surface area is 322 Å². The minimum Gasteiger partial charge on any atom is -1.00 e. The minimum atomic E-state index is 0. The molecule has 4 aliphatic carbocycles. The third-order valence-electron chi connectivity index (χ3n) is 10.2. The summed E-state index contributed by atoms with van der Waals surface area (Å²) in [4.78, 5) is 0. The van der Waals surface area contributed by atoms with Gasteiger partial charge in [0.2, 0.25) is 0 Å². The van der Waals surface area contributed by atoms with Gasteiger partial charge in [-0.15, -0.1) is 17.3 Å². The van der Waals surface area contributed by atoms with E-state index < -0.39 is 0 Å². The molecule has 0 nitrogen and oxygen atoms in total. The van der Waals surface area contributed by atoms with Crippen LogP contribution in [0.3, 0.4) is 0 Å². The van der Waals surface area contributed by atoms with Gasteiger partial charge in [-0.2, -0.15) is 23.8 Å². The van der Waals surface area contributed by atoms with E-state index in [1.54, 1.807) is 27.9 Å². The first-order valence-electron chi connectivity index (χ1n) is 17.1. The van der Waals surface area contributed by atoms with Crippen LogP contribution in [0.25, 0.3) is 5.57 Å². The summed E-state index contributed by atoms with van der Waals surface area (Å²) in [5.41, 5.74) is 12.5. The SMILES string of the molecule is C1=CC2=C3C(=C4[CH-]CCCC4C2CC1)Cc1ccccc13.CC(C)([CH-]C(C)(C)c1ccccc1)c1ccccc1.[Cl-].[Cl-].[Zr+2].c1cc[cH-]c1. The van der Waals surface area contributed by atoms with E-state index >= 15 is 0 Å². The summed E-state index contributed by atoms with van der Waals surface area (Å²) in [5.74, 6) is 1.60. The second-order valence-corrected chi connectivity index (χ2v) is 14.2. The van der Waals surface area contributed by atoms with E-state index in [9.17, 15) is 0 Å². The van der Waals surface area contributed by atoms with Crippen molar-refractivity contribution in [2.24, 2.45) is 11.8 Å². The van der Waals surface area contributed by atoms with Crippen molar-refractivity contribution in [3.63, 3.8) is 0 Å². The number of rotatable bonds is 4. The third kappa shape index (κ3) is 9.02. The molecule has 0 saturated heterocycles. The zero-order valence-corrected chi connectivity index (χ0v) is 32.9. The molecule has 250 valence electrons. The van der Waals surface area contributed by atoms with Gasteiger partial charge in [0.15, 0.2) is 0 Å². The molecule has 0 spiro atoms. The number of benzene rings is 3. The molecule has 0 aliphatic heterocycles. The fourth-order valence-corrected chi connectivity index (χ4v) is 8.18. The van der Waals surface area contributed by atoms with E-state index in [0.717, 1.165) is 18.3 Å². The Morgan fingerprint density at radius 3 is 1.85 bits per heavy atom. The fraction of sp³-hybridized carbons (Fsp3) is 0.311. The molecule has 3 heteroatoms. The normalized spacial score (nSPS) is 18.7. The predicted molar refractivity (Wildman–Crippen MR) is 193 cm³/mol. The Morgan fingerprint density at radius 1 is 0.688 bits per heavy atom. The monoisotopic (exact) mass is 749 g/mol. The van der Waals surface area contributed by atoms with Gasteiger partial charge in [-0.3, -0.25) is 0 Å². The largest absolute Gasteiger partial charge is 2.00 e. The van der Waals surface area contributed by atoms with Crippen LogP contribution in [-0.4, -0.2) is 0 Å². The summed E-state index contributed by atoms with van der Waals surface area (Å²) in [6.07, 6.45) is 17.7. The second-order valence-electron chi connectivity index (χ2n) is 14.2. The molecule has 0 radical (unpaired) electrons. The first-order chi connectivity index (χ1) is 21.9. The van der Waals surface area contributed by atoms with Crippen molar-refractivity contribution < 1.29 is 51.0 Å². The smallest absolute Gasteiger partial charge is 1.00 e. The molecule has 0 bridgehead atoms. The van der Waals surface area contributed by atoms with Crippen molar-refractivity contribution in [1.29, 1.82) is 0 Å². The van der Waals surface area contributed by atoms with Crippen LogP contribution < -0.4 is 24.8 Å². The van der Waals surface area contributed by atoms with Crippen molar-refractivity contribution in [3.8, 4) is 0 Å². The molecule has 0 heterocycles. The van der Waals surface area contributed by atoms with Crippen LogP contribution in [0.1, 0.15) is 82.1 Å². The van der Waals surface area contributed by atoms with Crippen LogP contribution in [0.5, 0.6) is 0 Å². The molecule has 2 atom stereocenters. The average molecular weight is 752 g/mol. The maximum absolute atomic E-state index is 2.57.